The number of para-hydroxylation sites is 2. The second-order valence-electron chi connectivity index (χ2n) is 8.51. The normalized spacial score (nSPS) is 19.3. The highest BCUT2D eigenvalue weighted by Crippen LogP contribution is 2.31. The Morgan fingerprint density at radius 3 is 1.52 bits per heavy atom. The lowest BCUT2D eigenvalue weighted by Crippen LogP contribution is -2.45. The molecule has 2 atom stereocenters. The van der Waals surface area contributed by atoms with Crippen LogP contribution in [0.4, 0.5) is 0 Å². The molecule has 0 aromatic heterocycles. The van der Waals surface area contributed by atoms with Gasteiger partial charge in [-0.1, -0.05) is 78.4 Å². The van der Waals surface area contributed by atoms with Gasteiger partial charge in [-0.25, -0.2) is 0 Å². The molecule has 0 saturated heterocycles. The van der Waals surface area contributed by atoms with Crippen molar-refractivity contribution < 1.29 is 14.2 Å². The molecule has 1 aromatic carbocycles. The molecule has 178 valence electrons. The molecule has 0 saturated carbocycles. The van der Waals surface area contributed by atoms with Crippen LogP contribution in [-0.2, 0) is 4.74 Å². The van der Waals surface area contributed by atoms with E-state index < -0.39 is 0 Å². The van der Waals surface area contributed by atoms with Gasteiger partial charge >= 0.3 is 0 Å². The number of unbranched alkanes of at least 4 members (excludes halogenated alkanes) is 6. The third-order valence-corrected chi connectivity index (χ3v) is 6.12. The van der Waals surface area contributed by atoms with E-state index in [1.165, 1.54) is 51.4 Å². The molecule has 2 rings (SSSR count). The molecule has 0 amide bonds. The van der Waals surface area contributed by atoms with Crippen LogP contribution in [0.15, 0.2) is 24.3 Å². The minimum Gasteiger partial charge on any atom is -0.469 e. The predicted molar refractivity (Wildman–Crippen MR) is 129 cm³/mol. The van der Waals surface area contributed by atoms with E-state index in [9.17, 15) is 0 Å². The molecular formula is C26H46N2O3. The van der Waals surface area contributed by atoms with Crippen molar-refractivity contribution in [3.05, 3.63) is 24.3 Å². The van der Waals surface area contributed by atoms with Crippen LogP contribution in [-0.4, -0.2) is 61.6 Å². The van der Waals surface area contributed by atoms with E-state index >= 15 is 0 Å². The van der Waals surface area contributed by atoms with E-state index in [0.29, 0.717) is 13.2 Å². The minimum atomic E-state index is -0.0882. The quantitative estimate of drug-likeness (QED) is 0.339. The fourth-order valence-electron chi connectivity index (χ4n) is 4.13. The van der Waals surface area contributed by atoms with Crippen LogP contribution in [0.3, 0.4) is 0 Å². The van der Waals surface area contributed by atoms with Crippen LogP contribution in [0.1, 0.15) is 79.1 Å². The third-order valence-electron chi connectivity index (χ3n) is 6.12. The Bertz CT molecular complexity index is 535. The van der Waals surface area contributed by atoms with Gasteiger partial charge in [0, 0.05) is 13.1 Å². The summed E-state index contributed by atoms with van der Waals surface area (Å²) in [6, 6.07) is 8.08. The molecule has 1 aliphatic rings. The van der Waals surface area contributed by atoms with Gasteiger partial charge < -0.3 is 14.2 Å². The summed E-state index contributed by atoms with van der Waals surface area (Å²) in [6.45, 7) is 14.0. The third kappa shape index (κ3) is 8.99. The van der Waals surface area contributed by atoms with Gasteiger partial charge in [0.25, 0.3) is 0 Å². The van der Waals surface area contributed by atoms with Crippen LogP contribution < -0.4 is 9.47 Å². The Morgan fingerprint density at radius 2 is 1.13 bits per heavy atom. The lowest BCUT2D eigenvalue weighted by Gasteiger charge is -2.31. The van der Waals surface area contributed by atoms with E-state index in [2.05, 4.69) is 37.5 Å². The van der Waals surface area contributed by atoms with Crippen molar-refractivity contribution in [2.24, 2.45) is 0 Å². The Morgan fingerprint density at radius 1 is 0.677 bits per heavy atom. The number of benzene rings is 1. The van der Waals surface area contributed by atoms with Gasteiger partial charge in [-0.05, 0) is 38.1 Å². The zero-order valence-electron chi connectivity index (χ0n) is 20.5. The predicted octanol–water partition coefficient (Wildman–Crippen LogP) is 5.93. The maximum atomic E-state index is 6.46. The van der Waals surface area contributed by atoms with Crippen LogP contribution in [0.25, 0.3) is 0 Å². The standard InChI is InChI=1S/C26H46N2O3/c1-5-9-11-15-19-27(7-3)25-21-29-22-26(28(8-4)20-16-12-10-6-2)31-24-18-14-13-17-23(24)30-25/h13-14,17-18,25-26H,5-12,15-16,19-22H2,1-4H3. The summed E-state index contributed by atoms with van der Waals surface area (Å²) in [7, 11) is 0. The number of hydrogen-bond acceptors (Lipinski definition) is 5. The van der Waals surface area contributed by atoms with Gasteiger partial charge in [0.05, 0.1) is 13.2 Å². The Labute approximate surface area is 191 Å². The molecule has 2 unspecified atom stereocenters. The average molecular weight is 435 g/mol. The molecule has 1 heterocycles. The van der Waals surface area contributed by atoms with Crippen LogP contribution >= 0.6 is 0 Å². The summed E-state index contributed by atoms with van der Waals surface area (Å²) in [5.41, 5.74) is 0. The molecule has 0 bridgehead atoms. The fraction of sp³-hybridized carbons (Fsp3) is 0.769. The van der Waals surface area contributed by atoms with Crippen LogP contribution in [0, 0.1) is 0 Å². The Hall–Kier alpha value is -1.30. The lowest BCUT2D eigenvalue weighted by molar-refractivity contribution is -0.0723. The largest absolute Gasteiger partial charge is 0.469 e. The van der Waals surface area contributed by atoms with Crippen LogP contribution in [0.2, 0.25) is 0 Å². The first-order chi connectivity index (χ1) is 15.2. The highest BCUT2D eigenvalue weighted by atomic mass is 16.6. The number of likely N-dealkylation sites (N-methyl/N-ethyl adjacent to an activating group) is 2. The molecule has 31 heavy (non-hydrogen) atoms. The first-order valence-electron chi connectivity index (χ1n) is 12.7. The van der Waals surface area contributed by atoms with E-state index in [0.717, 1.165) is 37.7 Å². The second-order valence-corrected chi connectivity index (χ2v) is 8.51. The van der Waals surface area contributed by atoms with Gasteiger partial charge in [0.1, 0.15) is 0 Å². The number of hydrogen-bond donors (Lipinski definition) is 0. The minimum absolute atomic E-state index is 0.0882. The first kappa shape index (κ1) is 26.0. The summed E-state index contributed by atoms with van der Waals surface area (Å²) < 4.78 is 19.1. The van der Waals surface area contributed by atoms with Gasteiger partial charge in [-0.2, -0.15) is 0 Å². The van der Waals surface area contributed by atoms with Crippen molar-refractivity contribution in [3.63, 3.8) is 0 Å². The smallest absolute Gasteiger partial charge is 0.176 e. The fourth-order valence-corrected chi connectivity index (χ4v) is 4.13. The van der Waals surface area contributed by atoms with Crippen molar-refractivity contribution in [2.45, 2.75) is 91.5 Å². The molecule has 0 N–H and O–H groups in total. The maximum Gasteiger partial charge on any atom is 0.176 e. The summed E-state index contributed by atoms with van der Waals surface area (Å²) in [5.74, 6) is 1.63. The molecule has 5 heteroatoms. The van der Waals surface area contributed by atoms with Gasteiger partial charge in [-0.15, -0.1) is 0 Å². The molecular weight excluding hydrogens is 388 g/mol. The van der Waals surface area contributed by atoms with Crippen molar-refractivity contribution in [2.75, 3.05) is 39.4 Å². The maximum absolute atomic E-state index is 6.46. The van der Waals surface area contributed by atoms with Gasteiger partial charge in [-0.3, -0.25) is 9.80 Å². The summed E-state index contributed by atoms with van der Waals surface area (Å²) in [6.07, 6.45) is 9.86. The molecule has 1 aromatic rings. The van der Waals surface area contributed by atoms with E-state index in [1.54, 1.807) is 0 Å². The van der Waals surface area contributed by atoms with Crippen molar-refractivity contribution >= 4 is 0 Å². The summed E-state index contributed by atoms with van der Waals surface area (Å²) in [5, 5.41) is 0. The van der Waals surface area contributed by atoms with Crippen molar-refractivity contribution in [1.82, 2.24) is 9.80 Å². The van der Waals surface area contributed by atoms with E-state index in [1.807, 2.05) is 24.3 Å². The van der Waals surface area contributed by atoms with Gasteiger partial charge in [0.2, 0.25) is 0 Å². The monoisotopic (exact) mass is 434 g/mol. The SMILES string of the molecule is CCCCCCN(CC)C1COCC(N(CC)CCCCCC)Oc2ccccc2O1. The zero-order valence-corrected chi connectivity index (χ0v) is 20.5. The first-order valence-corrected chi connectivity index (χ1v) is 12.7. The highest BCUT2D eigenvalue weighted by Gasteiger charge is 2.27. The summed E-state index contributed by atoms with van der Waals surface area (Å²) in [4.78, 5) is 4.80. The average Bonchev–Trinajstić information content (AvgIpc) is 2.88. The molecule has 1 aliphatic heterocycles. The number of rotatable bonds is 14. The zero-order chi connectivity index (χ0) is 22.3. The van der Waals surface area contributed by atoms with E-state index in [-0.39, 0.29) is 12.5 Å². The van der Waals surface area contributed by atoms with Crippen molar-refractivity contribution in [1.29, 1.82) is 0 Å². The van der Waals surface area contributed by atoms with Crippen molar-refractivity contribution in [3.8, 4) is 11.5 Å². The van der Waals surface area contributed by atoms with E-state index in [4.69, 9.17) is 14.2 Å². The molecule has 0 aliphatic carbocycles. The highest BCUT2D eigenvalue weighted by molar-refractivity contribution is 5.39. The van der Waals surface area contributed by atoms with Crippen LogP contribution in [0.5, 0.6) is 11.5 Å². The number of ether oxygens (including phenoxy) is 3. The topological polar surface area (TPSA) is 34.2 Å². The molecule has 0 radical (unpaired) electrons. The Kier molecular flexibility index (Phi) is 13.0. The molecule has 0 fully saturated rings. The molecule has 5 nitrogen and oxygen atoms in total. The molecule has 0 spiro atoms. The number of fused-ring (bicyclic) bond motifs is 1. The van der Waals surface area contributed by atoms with Gasteiger partial charge in [0.15, 0.2) is 24.0 Å². The second kappa shape index (κ2) is 15.5. The number of nitrogens with zero attached hydrogens (tertiary/aromatic N) is 2. The Balaban J connectivity index is 2.08. The lowest BCUT2D eigenvalue weighted by atomic mass is 10.2. The summed E-state index contributed by atoms with van der Waals surface area (Å²) >= 11 is 0.